The smallest absolute Gasteiger partial charge is 0.184 e. The number of hydrogen-bond donors (Lipinski definition) is 0. The van der Waals surface area contributed by atoms with Gasteiger partial charge in [0.25, 0.3) is 0 Å². The first-order valence-corrected chi connectivity index (χ1v) is 4.39. The van der Waals surface area contributed by atoms with E-state index < -0.39 is 0 Å². The number of hydrogen-bond acceptors (Lipinski definition) is 1. The number of aliphatic imine (C=N–C) groups is 1. The van der Waals surface area contributed by atoms with Crippen molar-refractivity contribution in [3.63, 3.8) is 0 Å². The molecule has 0 aromatic heterocycles. The molecule has 1 aliphatic heterocycles. The Morgan fingerprint density at radius 1 is 1.75 bits per heavy atom. The summed E-state index contributed by atoms with van der Waals surface area (Å²) in [4.78, 5) is 4.34. The van der Waals surface area contributed by atoms with Gasteiger partial charge in [0.1, 0.15) is 19.4 Å². The molecule has 0 fully saturated rings. The second-order valence-electron chi connectivity index (χ2n) is 3.29. The minimum Gasteiger partial charge on any atom is -0.283 e. The molecule has 1 aliphatic rings. The summed E-state index contributed by atoms with van der Waals surface area (Å²) in [6.45, 7) is 3.25. The Hall–Kier alpha value is -0.730. The molecular formula is C9H16FN2+. The summed E-state index contributed by atoms with van der Waals surface area (Å²) in [6.07, 6.45) is 3.09. The van der Waals surface area contributed by atoms with Crippen molar-refractivity contribution in [1.29, 1.82) is 0 Å². The molecule has 12 heavy (non-hydrogen) atoms. The lowest BCUT2D eigenvalue weighted by molar-refractivity contribution is -0.491. The first kappa shape index (κ1) is 9.36. The van der Waals surface area contributed by atoms with Crippen LogP contribution < -0.4 is 0 Å². The van der Waals surface area contributed by atoms with Crippen molar-refractivity contribution in [3.8, 4) is 0 Å². The molecule has 68 valence electrons. The largest absolute Gasteiger partial charge is 0.283 e. The summed E-state index contributed by atoms with van der Waals surface area (Å²) in [5.41, 5.74) is 1.12. The molecule has 0 saturated heterocycles. The van der Waals surface area contributed by atoms with Gasteiger partial charge >= 0.3 is 0 Å². The molecule has 0 saturated carbocycles. The Kier molecular flexibility index (Phi) is 3.38. The van der Waals surface area contributed by atoms with Crippen molar-refractivity contribution in [3.05, 3.63) is 0 Å². The fourth-order valence-corrected chi connectivity index (χ4v) is 1.28. The van der Waals surface area contributed by atoms with E-state index in [0.717, 1.165) is 18.7 Å². The van der Waals surface area contributed by atoms with Gasteiger partial charge in [0, 0.05) is 12.5 Å². The third kappa shape index (κ3) is 2.40. The molecule has 3 heteroatoms. The molecule has 0 aromatic carbocycles. The van der Waals surface area contributed by atoms with Crippen molar-refractivity contribution in [2.75, 3.05) is 26.8 Å². The predicted molar refractivity (Wildman–Crippen MR) is 49.2 cm³/mol. The first-order valence-electron chi connectivity index (χ1n) is 4.39. The van der Waals surface area contributed by atoms with Gasteiger partial charge in [-0.15, -0.1) is 0 Å². The van der Waals surface area contributed by atoms with E-state index in [4.69, 9.17) is 0 Å². The van der Waals surface area contributed by atoms with E-state index in [9.17, 15) is 4.39 Å². The molecule has 0 amide bonds. The maximum atomic E-state index is 11.9. The highest BCUT2D eigenvalue weighted by molar-refractivity contribution is 6.30. The van der Waals surface area contributed by atoms with Gasteiger partial charge in [0.2, 0.25) is 0 Å². The average Bonchev–Trinajstić information content (AvgIpc) is 2.37. The van der Waals surface area contributed by atoms with E-state index in [1.54, 1.807) is 0 Å². The van der Waals surface area contributed by atoms with E-state index in [-0.39, 0.29) is 6.67 Å². The van der Waals surface area contributed by atoms with Gasteiger partial charge in [0.15, 0.2) is 12.8 Å². The molecule has 0 radical (unpaired) electrons. The van der Waals surface area contributed by atoms with Crippen molar-refractivity contribution in [2.24, 2.45) is 10.9 Å². The quantitative estimate of drug-likeness (QED) is 0.447. The molecule has 0 aliphatic carbocycles. The molecule has 1 rings (SSSR count). The summed E-state index contributed by atoms with van der Waals surface area (Å²) < 4.78 is 13.8. The lowest BCUT2D eigenvalue weighted by atomic mass is 10.1. The topological polar surface area (TPSA) is 15.4 Å². The normalized spacial score (nSPS) is 24.4. The number of rotatable bonds is 3. The Morgan fingerprint density at radius 3 is 3.00 bits per heavy atom. The van der Waals surface area contributed by atoms with Crippen LogP contribution in [-0.2, 0) is 0 Å². The van der Waals surface area contributed by atoms with Gasteiger partial charge in [-0.05, 0) is 6.42 Å². The SMILES string of the molecule is C[C@H]1CCN=C1/C=[N+](/C)CCF. The highest BCUT2D eigenvalue weighted by Gasteiger charge is 2.16. The van der Waals surface area contributed by atoms with E-state index in [2.05, 4.69) is 11.9 Å². The molecular weight excluding hydrogens is 155 g/mol. The van der Waals surface area contributed by atoms with Gasteiger partial charge in [-0.1, -0.05) is 6.92 Å². The molecule has 0 bridgehead atoms. The average molecular weight is 171 g/mol. The summed E-state index contributed by atoms with van der Waals surface area (Å²) in [5.74, 6) is 0.548. The Balaban J connectivity index is 2.53. The molecule has 1 atom stereocenters. The van der Waals surface area contributed by atoms with Crippen LogP contribution in [0.2, 0.25) is 0 Å². The predicted octanol–water partition coefficient (Wildman–Crippen LogP) is 1.15. The zero-order chi connectivity index (χ0) is 8.97. The lowest BCUT2D eigenvalue weighted by Crippen LogP contribution is -2.18. The van der Waals surface area contributed by atoms with Crippen molar-refractivity contribution < 1.29 is 8.97 Å². The van der Waals surface area contributed by atoms with Gasteiger partial charge in [-0.3, -0.25) is 4.99 Å². The molecule has 1 heterocycles. The molecule has 2 nitrogen and oxygen atoms in total. The van der Waals surface area contributed by atoms with Crippen LogP contribution in [0, 0.1) is 5.92 Å². The Labute approximate surface area is 72.8 Å². The summed E-state index contributed by atoms with van der Waals surface area (Å²) in [6, 6.07) is 0. The van der Waals surface area contributed by atoms with Gasteiger partial charge in [0.05, 0.1) is 0 Å². The summed E-state index contributed by atoms with van der Waals surface area (Å²) >= 11 is 0. The maximum absolute atomic E-state index is 11.9. The van der Waals surface area contributed by atoms with E-state index in [0.29, 0.717) is 12.5 Å². The van der Waals surface area contributed by atoms with Crippen LogP contribution in [0.25, 0.3) is 0 Å². The van der Waals surface area contributed by atoms with E-state index >= 15 is 0 Å². The van der Waals surface area contributed by atoms with Crippen molar-refractivity contribution in [2.45, 2.75) is 13.3 Å². The van der Waals surface area contributed by atoms with Crippen LogP contribution in [0.5, 0.6) is 0 Å². The zero-order valence-corrected chi connectivity index (χ0v) is 7.76. The fourth-order valence-electron chi connectivity index (χ4n) is 1.28. The Morgan fingerprint density at radius 2 is 2.50 bits per heavy atom. The van der Waals surface area contributed by atoms with Crippen LogP contribution in [0.15, 0.2) is 4.99 Å². The molecule has 0 aromatic rings. The third-order valence-corrected chi connectivity index (χ3v) is 2.15. The molecule has 0 N–H and O–H groups in total. The van der Waals surface area contributed by atoms with E-state index in [1.165, 1.54) is 0 Å². The summed E-state index contributed by atoms with van der Waals surface area (Å²) in [5, 5.41) is 0. The Bertz CT molecular complexity index is 209. The van der Waals surface area contributed by atoms with Crippen molar-refractivity contribution >= 4 is 11.9 Å². The van der Waals surface area contributed by atoms with Gasteiger partial charge in [-0.25, -0.2) is 8.97 Å². The van der Waals surface area contributed by atoms with Gasteiger partial charge in [-0.2, -0.15) is 0 Å². The highest BCUT2D eigenvalue weighted by Crippen LogP contribution is 2.10. The van der Waals surface area contributed by atoms with Crippen LogP contribution in [-0.4, -0.2) is 43.3 Å². The fraction of sp³-hybridized carbons (Fsp3) is 0.778. The summed E-state index contributed by atoms with van der Waals surface area (Å²) in [7, 11) is 1.88. The number of halogens is 1. The van der Waals surface area contributed by atoms with Crippen LogP contribution in [0.4, 0.5) is 4.39 Å². The van der Waals surface area contributed by atoms with Crippen LogP contribution in [0.3, 0.4) is 0 Å². The molecule has 0 spiro atoms. The minimum atomic E-state index is -0.297. The minimum absolute atomic E-state index is 0.297. The highest BCUT2D eigenvalue weighted by atomic mass is 19.1. The first-order chi connectivity index (χ1) is 5.74. The van der Waals surface area contributed by atoms with Crippen LogP contribution >= 0.6 is 0 Å². The van der Waals surface area contributed by atoms with Gasteiger partial charge < -0.3 is 0 Å². The maximum Gasteiger partial charge on any atom is 0.184 e. The van der Waals surface area contributed by atoms with Crippen LogP contribution in [0.1, 0.15) is 13.3 Å². The molecule has 0 unspecified atom stereocenters. The number of alkyl halides is 1. The zero-order valence-electron chi connectivity index (χ0n) is 7.76. The monoisotopic (exact) mass is 171 g/mol. The second kappa shape index (κ2) is 4.33. The number of nitrogens with zero attached hydrogens (tertiary/aromatic N) is 2. The lowest BCUT2D eigenvalue weighted by Gasteiger charge is -1.98. The standard InChI is InChI=1S/C9H16FN2/c1-8-3-5-11-9(8)7-12(2)6-4-10/h7-8H,3-6H2,1-2H3/q+1/b12-7-/t8-/m0/s1. The third-order valence-electron chi connectivity index (χ3n) is 2.15. The van der Waals surface area contributed by atoms with Crippen molar-refractivity contribution in [1.82, 2.24) is 0 Å². The second-order valence-corrected chi connectivity index (χ2v) is 3.29. The van der Waals surface area contributed by atoms with E-state index in [1.807, 2.05) is 17.8 Å².